The summed E-state index contributed by atoms with van der Waals surface area (Å²) in [6.45, 7) is 2.06. The number of carbonyl (C=O) groups is 1. The third-order valence-electron chi connectivity index (χ3n) is 2.83. The highest BCUT2D eigenvalue weighted by molar-refractivity contribution is 8.00. The Morgan fingerprint density at radius 3 is 2.40 bits per heavy atom. The normalized spacial score (nSPS) is 10.3. The molecule has 2 aromatic carbocycles. The SMILES string of the molecule is CSc1ccccc1NC(=O)CSc1ccccc1C. The van der Waals surface area contributed by atoms with Crippen LogP contribution in [0.4, 0.5) is 5.69 Å². The quantitative estimate of drug-likeness (QED) is 0.828. The highest BCUT2D eigenvalue weighted by Gasteiger charge is 2.07. The standard InChI is InChI=1S/C16H17NOS2/c1-12-7-3-5-9-14(12)20-11-16(18)17-13-8-4-6-10-15(13)19-2/h3-10H,11H2,1-2H3,(H,17,18). The molecule has 0 atom stereocenters. The average Bonchev–Trinajstić information content (AvgIpc) is 2.47. The highest BCUT2D eigenvalue weighted by Crippen LogP contribution is 2.26. The van der Waals surface area contributed by atoms with Crippen LogP contribution in [0.15, 0.2) is 58.3 Å². The lowest BCUT2D eigenvalue weighted by molar-refractivity contribution is -0.113. The second-order valence-corrected chi connectivity index (χ2v) is 6.17. The van der Waals surface area contributed by atoms with Gasteiger partial charge in [0.15, 0.2) is 0 Å². The number of hydrogen-bond acceptors (Lipinski definition) is 3. The summed E-state index contributed by atoms with van der Waals surface area (Å²) in [6.07, 6.45) is 2.01. The number of carbonyl (C=O) groups excluding carboxylic acids is 1. The van der Waals surface area contributed by atoms with Crippen LogP contribution in [-0.4, -0.2) is 17.9 Å². The van der Waals surface area contributed by atoms with Gasteiger partial charge in [0.2, 0.25) is 5.91 Å². The molecule has 20 heavy (non-hydrogen) atoms. The van der Waals surface area contributed by atoms with Crippen molar-refractivity contribution < 1.29 is 4.79 Å². The lowest BCUT2D eigenvalue weighted by Crippen LogP contribution is -2.14. The fourth-order valence-corrected chi connectivity index (χ4v) is 3.18. The van der Waals surface area contributed by atoms with Crippen molar-refractivity contribution in [2.45, 2.75) is 16.7 Å². The molecule has 0 saturated carbocycles. The van der Waals surface area contributed by atoms with Crippen LogP contribution in [0, 0.1) is 6.92 Å². The summed E-state index contributed by atoms with van der Waals surface area (Å²) in [7, 11) is 0. The van der Waals surface area contributed by atoms with Crippen molar-refractivity contribution in [3.8, 4) is 0 Å². The van der Waals surface area contributed by atoms with Gasteiger partial charge < -0.3 is 5.32 Å². The predicted octanol–water partition coefficient (Wildman–Crippen LogP) is 4.45. The number of amides is 1. The van der Waals surface area contributed by atoms with Crippen molar-refractivity contribution in [1.82, 2.24) is 0 Å². The van der Waals surface area contributed by atoms with Crippen molar-refractivity contribution in [3.63, 3.8) is 0 Å². The molecule has 0 radical (unpaired) electrons. The summed E-state index contributed by atoms with van der Waals surface area (Å²) in [5.41, 5.74) is 2.09. The first kappa shape index (κ1) is 15.0. The van der Waals surface area contributed by atoms with Crippen LogP contribution >= 0.6 is 23.5 Å². The minimum Gasteiger partial charge on any atom is -0.324 e. The van der Waals surface area contributed by atoms with Gasteiger partial charge >= 0.3 is 0 Å². The van der Waals surface area contributed by atoms with E-state index in [1.54, 1.807) is 23.5 Å². The summed E-state index contributed by atoms with van der Waals surface area (Å²) < 4.78 is 0. The van der Waals surface area contributed by atoms with Gasteiger partial charge in [-0.1, -0.05) is 30.3 Å². The van der Waals surface area contributed by atoms with Gasteiger partial charge in [0.25, 0.3) is 0 Å². The van der Waals surface area contributed by atoms with Crippen LogP contribution in [-0.2, 0) is 4.79 Å². The molecule has 0 fully saturated rings. The van der Waals surface area contributed by atoms with Crippen LogP contribution < -0.4 is 5.32 Å². The largest absolute Gasteiger partial charge is 0.324 e. The molecule has 1 N–H and O–H groups in total. The number of hydrogen-bond donors (Lipinski definition) is 1. The van der Waals surface area contributed by atoms with Crippen LogP contribution in [0.2, 0.25) is 0 Å². The second-order valence-electron chi connectivity index (χ2n) is 4.30. The number of nitrogens with one attached hydrogen (secondary N) is 1. The predicted molar refractivity (Wildman–Crippen MR) is 88.8 cm³/mol. The number of anilines is 1. The first-order valence-corrected chi connectivity index (χ1v) is 8.53. The van der Waals surface area contributed by atoms with Crippen molar-refractivity contribution in [1.29, 1.82) is 0 Å². The molecule has 1 amide bonds. The first-order valence-electron chi connectivity index (χ1n) is 6.32. The average molecular weight is 303 g/mol. The van der Waals surface area contributed by atoms with Gasteiger partial charge in [0.05, 0.1) is 11.4 Å². The molecule has 0 aromatic heterocycles. The summed E-state index contributed by atoms with van der Waals surface area (Å²) in [5, 5.41) is 2.97. The van der Waals surface area contributed by atoms with Gasteiger partial charge in [0.1, 0.15) is 0 Å². The van der Waals surface area contributed by atoms with E-state index in [4.69, 9.17) is 0 Å². The fourth-order valence-electron chi connectivity index (χ4n) is 1.80. The van der Waals surface area contributed by atoms with Gasteiger partial charge in [-0.2, -0.15) is 0 Å². The van der Waals surface area contributed by atoms with Crippen molar-refractivity contribution in [2.75, 3.05) is 17.3 Å². The zero-order valence-electron chi connectivity index (χ0n) is 11.6. The van der Waals surface area contributed by atoms with Gasteiger partial charge in [-0.15, -0.1) is 23.5 Å². The van der Waals surface area contributed by atoms with E-state index in [2.05, 4.69) is 18.3 Å². The molecule has 2 aromatic rings. The van der Waals surface area contributed by atoms with Crippen LogP contribution in [0.25, 0.3) is 0 Å². The molecule has 0 saturated heterocycles. The minimum absolute atomic E-state index is 0.0275. The third-order valence-corrected chi connectivity index (χ3v) is 4.80. The zero-order valence-corrected chi connectivity index (χ0v) is 13.2. The van der Waals surface area contributed by atoms with E-state index in [-0.39, 0.29) is 5.91 Å². The Hall–Kier alpha value is -1.39. The Balaban J connectivity index is 1.95. The molecule has 4 heteroatoms. The summed E-state index contributed by atoms with van der Waals surface area (Å²) in [4.78, 5) is 14.3. The van der Waals surface area contributed by atoms with Crippen molar-refractivity contribution in [3.05, 3.63) is 54.1 Å². The van der Waals surface area contributed by atoms with E-state index in [0.29, 0.717) is 5.75 Å². The Kier molecular flexibility index (Phi) is 5.56. The summed E-state index contributed by atoms with van der Waals surface area (Å²) >= 11 is 3.20. The number of aryl methyl sites for hydroxylation is 1. The highest BCUT2D eigenvalue weighted by atomic mass is 32.2. The number of rotatable bonds is 5. The topological polar surface area (TPSA) is 29.1 Å². The number of thioether (sulfide) groups is 2. The van der Waals surface area contributed by atoms with Crippen molar-refractivity contribution in [2.24, 2.45) is 0 Å². The van der Waals surface area contributed by atoms with Crippen LogP contribution in [0.5, 0.6) is 0 Å². The smallest absolute Gasteiger partial charge is 0.234 e. The maximum Gasteiger partial charge on any atom is 0.234 e. The van der Waals surface area contributed by atoms with E-state index in [9.17, 15) is 4.79 Å². The fraction of sp³-hybridized carbons (Fsp3) is 0.188. The molecule has 0 unspecified atom stereocenters. The van der Waals surface area contributed by atoms with Gasteiger partial charge in [-0.05, 0) is 36.9 Å². The molecule has 0 spiro atoms. The molecule has 0 aliphatic rings. The summed E-state index contributed by atoms with van der Waals surface area (Å²) in [6, 6.07) is 16.0. The molecule has 2 nitrogen and oxygen atoms in total. The molecule has 0 aliphatic carbocycles. The summed E-state index contributed by atoms with van der Waals surface area (Å²) in [5.74, 6) is 0.452. The van der Waals surface area contributed by atoms with E-state index < -0.39 is 0 Å². The molecule has 0 aliphatic heterocycles. The molecular weight excluding hydrogens is 286 g/mol. The van der Waals surface area contributed by atoms with E-state index >= 15 is 0 Å². The molecular formula is C16H17NOS2. The second kappa shape index (κ2) is 7.41. The van der Waals surface area contributed by atoms with Crippen LogP contribution in [0.1, 0.15) is 5.56 Å². The number of para-hydroxylation sites is 1. The zero-order chi connectivity index (χ0) is 14.4. The minimum atomic E-state index is 0.0275. The molecule has 0 bridgehead atoms. The molecule has 104 valence electrons. The molecule has 0 heterocycles. The lowest BCUT2D eigenvalue weighted by atomic mass is 10.2. The Bertz CT molecular complexity index is 599. The maximum atomic E-state index is 12.0. The van der Waals surface area contributed by atoms with E-state index in [0.717, 1.165) is 15.5 Å². The Morgan fingerprint density at radius 2 is 1.70 bits per heavy atom. The Labute approximate surface area is 128 Å². The van der Waals surface area contributed by atoms with E-state index in [1.807, 2.05) is 48.7 Å². The monoisotopic (exact) mass is 303 g/mol. The van der Waals surface area contributed by atoms with E-state index in [1.165, 1.54) is 5.56 Å². The first-order chi connectivity index (χ1) is 9.70. The number of benzene rings is 2. The van der Waals surface area contributed by atoms with Gasteiger partial charge in [-0.25, -0.2) is 0 Å². The van der Waals surface area contributed by atoms with Crippen molar-refractivity contribution >= 4 is 35.1 Å². The Morgan fingerprint density at radius 1 is 1.05 bits per heavy atom. The maximum absolute atomic E-state index is 12.0. The van der Waals surface area contributed by atoms with Gasteiger partial charge in [-0.3, -0.25) is 4.79 Å². The van der Waals surface area contributed by atoms with Gasteiger partial charge in [0, 0.05) is 9.79 Å². The van der Waals surface area contributed by atoms with Crippen LogP contribution in [0.3, 0.4) is 0 Å². The third kappa shape index (κ3) is 4.05. The molecule has 2 rings (SSSR count). The lowest BCUT2D eigenvalue weighted by Gasteiger charge is -2.09.